The third kappa shape index (κ3) is 3.96. The predicted molar refractivity (Wildman–Crippen MR) is 109 cm³/mol. The summed E-state index contributed by atoms with van der Waals surface area (Å²) in [6.07, 6.45) is 0. The Morgan fingerprint density at radius 2 is 1.76 bits per heavy atom. The molecule has 1 aromatic heterocycles. The third-order valence-electron chi connectivity index (χ3n) is 4.76. The van der Waals surface area contributed by atoms with Crippen LogP contribution in [0.3, 0.4) is 0 Å². The van der Waals surface area contributed by atoms with Gasteiger partial charge < -0.3 is 14.6 Å². The van der Waals surface area contributed by atoms with Crippen molar-refractivity contribution in [2.24, 2.45) is 0 Å². The van der Waals surface area contributed by atoms with Crippen LogP contribution >= 0.6 is 0 Å². The van der Waals surface area contributed by atoms with Crippen molar-refractivity contribution in [1.82, 2.24) is 14.9 Å². The average Bonchev–Trinajstić information content (AvgIpc) is 3.10. The summed E-state index contributed by atoms with van der Waals surface area (Å²) in [6, 6.07) is 21.5. The maximum absolute atomic E-state index is 13.9. The van der Waals surface area contributed by atoms with Crippen LogP contribution in [-0.4, -0.2) is 22.6 Å². The van der Waals surface area contributed by atoms with Gasteiger partial charge in [0.25, 0.3) is 5.91 Å². The SMILES string of the molecule is COc1ccc(Cn2c(CNC(=O)c3ccccc3F)nc3ccccc32)cc1. The number of nitrogens with one attached hydrogen (secondary N) is 1. The lowest BCUT2D eigenvalue weighted by atomic mass is 10.2. The summed E-state index contributed by atoms with van der Waals surface area (Å²) in [7, 11) is 1.63. The van der Waals surface area contributed by atoms with Crippen molar-refractivity contribution in [2.45, 2.75) is 13.1 Å². The summed E-state index contributed by atoms with van der Waals surface area (Å²) < 4.78 is 21.1. The maximum atomic E-state index is 13.9. The maximum Gasteiger partial charge on any atom is 0.254 e. The largest absolute Gasteiger partial charge is 0.497 e. The molecule has 0 saturated carbocycles. The number of aromatic nitrogens is 2. The number of imidazole rings is 1. The zero-order valence-electron chi connectivity index (χ0n) is 15.9. The van der Waals surface area contributed by atoms with Crippen LogP contribution < -0.4 is 10.1 Å². The minimum Gasteiger partial charge on any atom is -0.497 e. The Bertz CT molecular complexity index is 1150. The standard InChI is InChI=1S/C23H20FN3O2/c1-29-17-12-10-16(11-13-17)15-27-21-9-5-4-8-20(21)26-22(27)14-25-23(28)18-6-2-3-7-19(18)24/h2-13H,14-15H2,1H3,(H,25,28). The Hall–Kier alpha value is -3.67. The van der Waals surface area contributed by atoms with E-state index in [2.05, 4.69) is 14.9 Å². The number of benzene rings is 3. The number of amides is 1. The first kappa shape index (κ1) is 18.7. The van der Waals surface area contributed by atoms with E-state index in [4.69, 9.17) is 4.74 Å². The van der Waals surface area contributed by atoms with Gasteiger partial charge in [-0.2, -0.15) is 0 Å². The molecule has 4 rings (SSSR count). The normalized spacial score (nSPS) is 10.8. The number of carbonyl (C=O) groups is 1. The number of fused-ring (bicyclic) bond motifs is 1. The van der Waals surface area contributed by atoms with Crippen molar-refractivity contribution in [1.29, 1.82) is 0 Å². The fourth-order valence-corrected chi connectivity index (χ4v) is 3.25. The highest BCUT2D eigenvalue weighted by atomic mass is 19.1. The van der Waals surface area contributed by atoms with Crippen LogP contribution in [0.2, 0.25) is 0 Å². The van der Waals surface area contributed by atoms with Gasteiger partial charge in [-0.05, 0) is 42.0 Å². The molecular formula is C23H20FN3O2. The first-order valence-corrected chi connectivity index (χ1v) is 9.25. The summed E-state index contributed by atoms with van der Waals surface area (Å²) in [6.45, 7) is 0.785. The number of nitrogens with zero attached hydrogens (tertiary/aromatic N) is 2. The molecule has 1 amide bonds. The first-order chi connectivity index (χ1) is 14.2. The lowest BCUT2D eigenvalue weighted by Gasteiger charge is -2.11. The summed E-state index contributed by atoms with van der Waals surface area (Å²) >= 11 is 0. The molecule has 0 unspecified atom stereocenters. The predicted octanol–water partition coefficient (Wildman–Crippen LogP) is 4.16. The zero-order valence-corrected chi connectivity index (χ0v) is 15.9. The molecule has 0 fully saturated rings. The van der Waals surface area contributed by atoms with Gasteiger partial charge in [-0.3, -0.25) is 4.79 Å². The fourth-order valence-electron chi connectivity index (χ4n) is 3.25. The molecule has 146 valence electrons. The van der Waals surface area contributed by atoms with E-state index in [1.54, 1.807) is 19.2 Å². The Balaban J connectivity index is 1.61. The molecule has 1 heterocycles. The van der Waals surface area contributed by atoms with Crippen molar-refractivity contribution >= 4 is 16.9 Å². The molecule has 1 N–H and O–H groups in total. The quantitative estimate of drug-likeness (QED) is 0.539. The summed E-state index contributed by atoms with van der Waals surface area (Å²) in [5.41, 5.74) is 2.91. The van der Waals surface area contributed by atoms with Crippen molar-refractivity contribution in [2.75, 3.05) is 7.11 Å². The number of methoxy groups -OCH3 is 1. The molecule has 0 bridgehead atoms. The minimum atomic E-state index is -0.545. The van der Waals surface area contributed by atoms with Gasteiger partial charge in [0.05, 0.1) is 30.3 Å². The van der Waals surface area contributed by atoms with Crippen LogP contribution in [0.1, 0.15) is 21.7 Å². The van der Waals surface area contributed by atoms with E-state index in [0.717, 1.165) is 22.3 Å². The number of hydrogen-bond acceptors (Lipinski definition) is 3. The number of hydrogen-bond donors (Lipinski definition) is 1. The van der Waals surface area contributed by atoms with E-state index in [1.165, 1.54) is 12.1 Å². The Morgan fingerprint density at radius 3 is 2.52 bits per heavy atom. The molecule has 0 saturated heterocycles. The van der Waals surface area contributed by atoms with Gasteiger partial charge in [0, 0.05) is 6.54 Å². The summed E-state index contributed by atoms with van der Waals surface area (Å²) in [4.78, 5) is 17.1. The molecule has 4 aromatic rings. The molecule has 0 radical (unpaired) electrons. The van der Waals surface area contributed by atoms with Gasteiger partial charge >= 0.3 is 0 Å². The molecule has 3 aromatic carbocycles. The number of carbonyl (C=O) groups excluding carboxylic acids is 1. The molecule has 0 aliphatic carbocycles. The lowest BCUT2D eigenvalue weighted by Crippen LogP contribution is -2.25. The van der Waals surface area contributed by atoms with E-state index in [1.807, 2.05) is 48.5 Å². The van der Waals surface area contributed by atoms with Crippen molar-refractivity contribution in [3.8, 4) is 5.75 Å². The molecule has 0 spiro atoms. The van der Waals surface area contributed by atoms with Crippen molar-refractivity contribution < 1.29 is 13.9 Å². The van der Waals surface area contributed by atoms with Gasteiger partial charge in [-0.1, -0.05) is 36.4 Å². The second-order valence-corrected chi connectivity index (χ2v) is 6.61. The monoisotopic (exact) mass is 389 g/mol. The third-order valence-corrected chi connectivity index (χ3v) is 4.76. The topological polar surface area (TPSA) is 56.1 Å². The second-order valence-electron chi connectivity index (χ2n) is 6.61. The van der Waals surface area contributed by atoms with Crippen LogP contribution in [-0.2, 0) is 13.1 Å². The Kier molecular flexibility index (Phi) is 5.24. The van der Waals surface area contributed by atoms with Crippen LogP contribution in [0.4, 0.5) is 4.39 Å². The average molecular weight is 389 g/mol. The van der Waals surface area contributed by atoms with Gasteiger partial charge in [0.15, 0.2) is 0 Å². The van der Waals surface area contributed by atoms with Gasteiger partial charge in [0.2, 0.25) is 0 Å². The zero-order chi connectivity index (χ0) is 20.2. The number of rotatable bonds is 6. The van der Waals surface area contributed by atoms with Gasteiger partial charge in [-0.15, -0.1) is 0 Å². The summed E-state index contributed by atoms with van der Waals surface area (Å²) in [5.74, 6) is 0.483. The van der Waals surface area contributed by atoms with Crippen molar-refractivity contribution in [3.63, 3.8) is 0 Å². The van der Waals surface area contributed by atoms with Gasteiger partial charge in [-0.25, -0.2) is 9.37 Å². The Labute approximate surface area is 167 Å². The fraction of sp³-hybridized carbons (Fsp3) is 0.130. The van der Waals surface area contributed by atoms with E-state index < -0.39 is 11.7 Å². The lowest BCUT2D eigenvalue weighted by molar-refractivity contribution is 0.0945. The smallest absolute Gasteiger partial charge is 0.254 e. The van der Waals surface area contributed by atoms with Gasteiger partial charge in [0.1, 0.15) is 17.4 Å². The molecular weight excluding hydrogens is 369 g/mol. The van der Waals surface area contributed by atoms with E-state index >= 15 is 0 Å². The Morgan fingerprint density at radius 1 is 1.03 bits per heavy atom. The minimum absolute atomic E-state index is 0.0188. The van der Waals surface area contributed by atoms with E-state index in [0.29, 0.717) is 12.4 Å². The van der Waals surface area contributed by atoms with Crippen LogP contribution in [0, 0.1) is 5.82 Å². The number of ether oxygens (including phenoxy) is 1. The highest BCUT2D eigenvalue weighted by Crippen LogP contribution is 2.19. The van der Waals surface area contributed by atoms with E-state index in [-0.39, 0.29) is 12.1 Å². The summed E-state index contributed by atoms with van der Waals surface area (Å²) in [5, 5.41) is 2.78. The molecule has 6 heteroatoms. The second kappa shape index (κ2) is 8.14. The van der Waals surface area contributed by atoms with Crippen molar-refractivity contribution in [3.05, 3.63) is 95.6 Å². The highest BCUT2D eigenvalue weighted by molar-refractivity contribution is 5.94. The molecule has 0 aliphatic rings. The van der Waals surface area contributed by atoms with Crippen LogP contribution in [0.15, 0.2) is 72.8 Å². The molecule has 0 aliphatic heterocycles. The first-order valence-electron chi connectivity index (χ1n) is 9.25. The van der Waals surface area contributed by atoms with Crippen LogP contribution in [0.25, 0.3) is 11.0 Å². The molecule has 29 heavy (non-hydrogen) atoms. The van der Waals surface area contributed by atoms with Crippen LogP contribution in [0.5, 0.6) is 5.75 Å². The molecule has 0 atom stereocenters. The number of para-hydroxylation sites is 2. The molecule has 5 nitrogen and oxygen atoms in total. The van der Waals surface area contributed by atoms with E-state index in [9.17, 15) is 9.18 Å². The highest BCUT2D eigenvalue weighted by Gasteiger charge is 2.14. The number of halogens is 1.